The summed E-state index contributed by atoms with van der Waals surface area (Å²) >= 11 is 6.16. The van der Waals surface area contributed by atoms with Gasteiger partial charge in [-0.05, 0) is 20.8 Å². The zero-order valence-electron chi connectivity index (χ0n) is 10.7. The fraction of sp³-hybridized carbons (Fsp3) is 0.545. The molecule has 0 aliphatic heterocycles. The Morgan fingerprint density at radius 3 is 2.33 bits per heavy atom. The summed E-state index contributed by atoms with van der Waals surface area (Å²) in [6, 6.07) is 0. The van der Waals surface area contributed by atoms with Crippen LogP contribution < -0.4 is 0 Å². The molecule has 1 unspecified atom stereocenters. The van der Waals surface area contributed by atoms with Gasteiger partial charge < -0.3 is 14.6 Å². The number of ether oxygens (including phenoxy) is 2. The molecule has 1 atom stereocenters. The van der Waals surface area contributed by atoms with E-state index in [1.54, 1.807) is 13.8 Å². The average molecular weight is 275 g/mol. The Hall–Kier alpha value is -1.40. The summed E-state index contributed by atoms with van der Waals surface area (Å²) in [5, 5.41) is 7.06. The Labute approximate surface area is 110 Å². The number of hydrogen-bond acceptors (Lipinski definition) is 5. The molecular formula is C11H15ClN2O4. The molecule has 100 valence electrons. The van der Waals surface area contributed by atoms with E-state index in [1.165, 1.54) is 7.11 Å². The molecule has 0 saturated heterocycles. The van der Waals surface area contributed by atoms with Crippen molar-refractivity contribution in [2.75, 3.05) is 13.7 Å². The number of halogens is 1. The maximum Gasteiger partial charge on any atom is 0.507 e. The lowest BCUT2D eigenvalue weighted by Crippen LogP contribution is -2.33. The van der Waals surface area contributed by atoms with Gasteiger partial charge in [0.2, 0.25) is 0 Å². The number of nitrogens with zero attached hydrogens (tertiary/aromatic N) is 2. The quantitative estimate of drug-likeness (QED) is 0.669. The minimum absolute atomic E-state index is 0.154. The molecule has 1 aromatic rings. The maximum absolute atomic E-state index is 10.7. The second-order valence-corrected chi connectivity index (χ2v) is 4.47. The molecule has 0 saturated carbocycles. The summed E-state index contributed by atoms with van der Waals surface area (Å²) in [6.07, 6.45) is -1.50. The topological polar surface area (TPSA) is 81.5 Å². The zero-order valence-corrected chi connectivity index (χ0v) is 11.4. The van der Waals surface area contributed by atoms with E-state index < -0.39 is 11.2 Å². The first-order valence-corrected chi connectivity index (χ1v) is 5.60. The standard InChI is InChI=1S/C11H15ClN2O4/c1-6-7(2)14-9(8(3)13-6)11(12,5-17-4)18-10(15)16/h5H2,1-4H3,(H,15,16). The first-order valence-electron chi connectivity index (χ1n) is 5.22. The molecule has 0 aliphatic rings. The van der Waals surface area contributed by atoms with E-state index in [2.05, 4.69) is 9.97 Å². The van der Waals surface area contributed by atoms with Crippen LogP contribution in [0.3, 0.4) is 0 Å². The summed E-state index contributed by atoms with van der Waals surface area (Å²) in [5.74, 6) is 0. The van der Waals surface area contributed by atoms with Gasteiger partial charge in [-0.25, -0.2) is 9.78 Å². The van der Waals surface area contributed by atoms with Crippen molar-refractivity contribution >= 4 is 17.8 Å². The van der Waals surface area contributed by atoms with Gasteiger partial charge >= 0.3 is 6.16 Å². The van der Waals surface area contributed by atoms with Gasteiger partial charge in [0.05, 0.1) is 17.1 Å². The largest absolute Gasteiger partial charge is 0.507 e. The fourth-order valence-corrected chi connectivity index (χ4v) is 1.89. The normalized spacial score (nSPS) is 14.1. The molecule has 0 amide bonds. The summed E-state index contributed by atoms with van der Waals surface area (Å²) in [6.45, 7) is 5.10. The second-order valence-electron chi connectivity index (χ2n) is 3.86. The first kappa shape index (κ1) is 14.7. The molecule has 0 bridgehead atoms. The van der Waals surface area contributed by atoms with Gasteiger partial charge in [-0.3, -0.25) is 4.98 Å². The highest BCUT2D eigenvalue weighted by Crippen LogP contribution is 2.32. The van der Waals surface area contributed by atoms with Crippen LogP contribution in [0.25, 0.3) is 0 Å². The molecular weight excluding hydrogens is 260 g/mol. The highest BCUT2D eigenvalue weighted by molar-refractivity contribution is 6.23. The van der Waals surface area contributed by atoms with Crippen molar-refractivity contribution in [2.24, 2.45) is 0 Å². The highest BCUT2D eigenvalue weighted by atomic mass is 35.5. The van der Waals surface area contributed by atoms with Crippen LogP contribution in [0.5, 0.6) is 0 Å². The first-order chi connectivity index (χ1) is 8.30. The Morgan fingerprint density at radius 2 is 1.83 bits per heavy atom. The van der Waals surface area contributed by atoms with E-state index in [0.717, 1.165) is 5.69 Å². The van der Waals surface area contributed by atoms with Crippen molar-refractivity contribution in [1.29, 1.82) is 0 Å². The summed E-state index contributed by atoms with van der Waals surface area (Å²) in [4.78, 5) is 19.2. The van der Waals surface area contributed by atoms with Crippen molar-refractivity contribution < 1.29 is 19.4 Å². The number of aryl methyl sites for hydroxylation is 3. The fourth-order valence-electron chi connectivity index (χ4n) is 1.54. The molecule has 0 radical (unpaired) electrons. The van der Waals surface area contributed by atoms with Crippen molar-refractivity contribution in [3.8, 4) is 0 Å². The van der Waals surface area contributed by atoms with Crippen LogP contribution in [0.1, 0.15) is 22.8 Å². The van der Waals surface area contributed by atoms with E-state index in [0.29, 0.717) is 11.4 Å². The minimum atomic E-state index is -1.68. The molecule has 1 heterocycles. The smallest absolute Gasteiger partial charge is 0.450 e. The summed E-state index contributed by atoms with van der Waals surface area (Å²) < 4.78 is 9.59. The molecule has 0 aliphatic carbocycles. The van der Waals surface area contributed by atoms with Crippen molar-refractivity contribution in [1.82, 2.24) is 9.97 Å². The molecule has 0 aromatic carbocycles. The van der Waals surface area contributed by atoms with Gasteiger partial charge in [-0.2, -0.15) is 0 Å². The van der Waals surface area contributed by atoms with E-state index in [-0.39, 0.29) is 12.3 Å². The predicted octanol–water partition coefficient (Wildman–Crippen LogP) is 2.13. The lowest BCUT2D eigenvalue weighted by molar-refractivity contribution is -0.0180. The van der Waals surface area contributed by atoms with Crippen LogP contribution in [0.2, 0.25) is 0 Å². The van der Waals surface area contributed by atoms with Crippen LogP contribution >= 0.6 is 11.6 Å². The van der Waals surface area contributed by atoms with Crippen LogP contribution in [0.15, 0.2) is 0 Å². The monoisotopic (exact) mass is 274 g/mol. The van der Waals surface area contributed by atoms with E-state index >= 15 is 0 Å². The third kappa shape index (κ3) is 3.08. The van der Waals surface area contributed by atoms with Crippen LogP contribution in [-0.4, -0.2) is 34.9 Å². The van der Waals surface area contributed by atoms with Crippen LogP contribution in [-0.2, 0) is 14.5 Å². The van der Waals surface area contributed by atoms with Gasteiger partial charge in [0.1, 0.15) is 12.3 Å². The third-order valence-electron chi connectivity index (χ3n) is 2.41. The molecule has 18 heavy (non-hydrogen) atoms. The number of methoxy groups -OCH3 is 1. The average Bonchev–Trinajstić information content (AvgIpc) is 2.22. The number of aromatic nitrogens is 2. The third-order valence-corrected chi connectivity index (χ3v) is 2.78. The zero-order chi connectivity index (χ0) is 13.9. The van der Waals surface area contributed by atoms with Gasteiger partial charge in [-0.1, -0.05) is 11.6 Å². The highest BCUT2D eigenvalue weighted by Gasteiger charge is 2.38. The SMILES string of the molecule is COCC(Cl)(OC(=O)O)c1nc(C)c(C)nc1C. The van der Waals surface area contributed by atoms with E-state index in [1.807, 2.05) is 6.92 Å². The van der Waals surface area contributed by atoms with Crippen molar-refractivity contribution in [3.63, 3.8) is 0 Å². The number of hydrogen-bond donors (Lipinski definition) is 1. The van der Waals surface area contributed by atoms with Gasteiger partial charge in [0.15, 0.2) is 0 Å². The molecule has 7 heteroatoms. The molecule has 0 spiro atoms. The van der Waals surface area contributed by atoms with Crippen LogP contribution in [0.4, 0.5) is 4.79 Å². The minimum Gasteiger partial charge on any atom is -0.450 e. The molecule has 1 rings (SSSR count). The Bertz CT molecular complexity index is 467. The Balaban J connectivity index is 3.28. The van der Waals surface area contributed by atoms with Crippen molar-refractivity contribution in [3.05, 3.63) is 22.8 Å². The number of rotatable bonds is 4. The predicted molar refractivity (Wildman–Crippen MR) is 64.8 cm³/mol. The summed E-state index contributed by atoms with van der Waals surface area (Å²) in [5.41, 5.74) is 2.16. The van der Waals surface area contributed by atoms with Gasteiger partial charge in [0.25, 0.3) is 5.06 Å². The van der Waals surface area contributed by atoms with Gasteiger partial charge in [0, 0.05) is 7.11 Å². The maximum atomic E-state index is 10.7. The Kier molecular flexibility index (Phi) is 4.48. The lowest BCUT2D eigenvalue weighted by Gasteiger charge is -2.25. The van der Waals surface area contributed by atoms with Gasteiger partial charge in [-0.15, -0.1) is 0 Å². The Morgan fingerprint density at radius 1 is 1.28 bits per heavy atom. The number of carboxylic acid groups (broad SMARTS) is 1. The van der Waals surface area contributed by atoms with E-state index in [4.69, 9.17) is 26.2 Å². The molecule has 1 aromatic heterocycles. The lowest BCUT2D eigenvalue weighted by atomic mass is 10.2. The summed E-state index contributed by atoms with van der Waals surface area (Å²) in [7, 11) is 1.39. The number of alkyl halides is 1. The number of carbonyl (C=O) groups is 1. The molecule has 0 fully saturated rings. The van der Waals surface area contributed by atoms with Crippen LogP contribution in [0, 0.1) is 20.8 Å². The molecule has 6 nitrogen and oxygen atoms in total. The van der Waals surface area contributed by atoms with E-state index in [9.17, 15) is 4.79 Å². The second kappa shape index (κ2) is 5.49. The molecule has 1 N–H and O–H groups in total. The van der Waals surface area contributed by atoms with Crippen molar-refractivity contribution in [2.45, 2.75) is 25.8 Å².